The number of aromatic nitrogens is 4. The van der Waals surface area contributed by atoms with Crippen molar-refractivity contribution in [2.45, 2.75) is 46.7 Å². The van der Waals surface area contributed by atoms with E-state index in [4.69, 9.17) is 11.6 Å². The zero-order valence-electron chi connectivity index (χ0n) is 14.6. The molecular formula is C15H21ClN6O3. The Hall–Kier alpha value is -2.42. The summed E-state index contributed by atoms with van der Waals surface area (Å²) in [6.45, 7) is 8.03. The summed E-state index contributed by atoms with van der Waals surface area (Å²) in [6.07, 6.45) is 1.96. The second-order valence-electron chi connectivity index (χ2n) is 5.87. The van der Waals surface area contributed by atoms with Gasteiger partial charge in [0.25, 0.3) is 0 Å². The molecule has 136 valence electrons. The molecule has 0 bridgehead atoms. The third-order valence-electron chi connectivity index (χ3n) is 4.00. The van der Waals surface area contributed by atoms with Gasteiger partial charge in [-0.1, -0.05) is 11.6 Å². The van der Waals surface area contributed by atoms with Gasteiger partial charge in [-0.25, -0.2) is 0 Å². The van der Waals surface area contributed by atoms with E-state index < -0.39 is 11.0 Å². The molecule has 0 aromatic carbocycles. The molecule has 1 atom stereocenters. The van der Waals surface area contributed by atoms with Crippen molar-refractivity contribution in [1.82, 2.24) is 24.9 Å². The SMILES string of the molecule is Cc1nn(C(C)C(=O)NCCCn2nc(C)c(Cl)c2C)cc1[N+](=O)[O-]. The van der Waals surface area contributed by atoms with Gasteiger partial charge >= 0.3 is 5.69 Å². The standard InChI is InChI=1S/C15H21ClN6O3/c1-9-13(22(24)25)8-21(18-9)12(4)15(23)17-6-5-7-20-11(3)14(16)10(2)19-20/h8,12H,5-7H2,1-4H3,(H,17,23). The molecule has 0 saturated carbocycles. The Bertz CT molecular complexity index is 798. The Morgan fingerprint density at radius 3 is 2.56 bits per heavy atom. The van der Waals surface area contributed by atoms with Crippen molar-refractivity contribution < 1.29 is 9.72 Å². The molecule has 2 heterocycles. The first-order valence-corrected chi connectivity index (χ1v) is 8.27. The molecule has 0 aliphatic carbocycles. The van der Waals surface area contributed by atoms with E-state index >= 15 is 0 Å². The van der Waals surface area contributed by atoms with Gasteiger partial charge in [-0.05, 0) is 34.1 Å². The molecule has 0 fully saturated rings. The van der Waals surface area contributed by atoms with E-state index in [0.29, 0.717) is 24.5 Å². The van der Waals surface area contributed by atoms with Crippen LogP contribution in [0.4, 0.5) is 5.69 Å². The van der Waals surface area contributed by atoms with E-state index in [1.165, 1.54) is 10.9 Å². The van der Waals surface area contributed by atoms with Gasteiger partial charge in [-0.15, -0.1) is 0 Å². The average molecular weight is 369 g/mol. The highest BCUT2D eigenvalue weighted by atomic mass is 35.5. The van der Waals surface area contributed by atoms with Crippen molar-refractivity contribution in [3.05, 3.63) is 38.4 Å². The maximum Gasteiger partial charge on any atom is 0.309 e. The molecule has 0 aliphatic rings. The Balaban J connectivity index is 1.86. The third-order valence-corrected chi connectivity index (χ3v) is 4.55. The van der Waals surface area contributed by atoms with E-state index in [9.17, 15) is 14.9 Å². The van der Waals surface area contributed by atoms with Crippen LogP contribution < -0.4 is 5.32 Å². The summed E-state index contributed by atoms with van der Waals surface area (Å²) in [6, 6.07) is -0.629. The molecule has 2 aromatic rings. The predicted molar refractivity (Wildman–Crippen MR) is 92.7 cm³/mol. The minimum absolute atomic E-state index is 0.0962. The van der Waals surface area contributed by atoms with Gasteiger partial charge in [0.1, 0.15) is 17.9 Å². The van der Waals surface area contributed by atoms with Crippen LogP contribution in [0.1, 0.15) is 36.5 Å². The summed E-state index contributed by atoms with van der Waals surface area (Å²) in [7, 11) is 0. The fourth-order valence-corrected chi connectivity index (χ4v) is 2.59. The summed E-state index contributed by atoms with van der Waals surface area (Å²) in [4.78, 5) is 22.5. The lowest BCUT2D eigenvalue weighted by atomic mass is 10.3. The molecule has 0 radical (unpaired) electrons. The van der Waals surface area contributed by atoms with E-state index in [0.717, 1.165) is 11.4 Å². The first kappa shape index (κ1) is 18.9. The second-order valence-corrected chi connectivity index (χ2v) is 6.24. The van der Waals surface area contributed by atoms with Crippen LogP contribution in [0.2, 0.25) is 5.02 Å². The number of hydrogen-bond donors (Lipinski definition) is 1. The van der Waals surface area contributed by atoms with E-state index in [2.05, 4.69) is 15.5 Å². The van der Waals surface area contributed by atoms with Crippen LogP contribution >= 0.6 is 11.6 Å². The maximum atomic E-state index is 12.2. The summed E-state index contributed by atoms with van der Waals surface area (Å²) in [5, 5.41) is 22.7. The number of amides is 1. The van der Waals surface area contributed by atoms with Crippen LogP contribution in [0.5, 0.6) is 0 Å². The van der Waals surface area contributed by atoms with Crippen LogP contribution in [0, 0.1) is 30.9 Å². The van der Waals surface area contributed by atoms with Crippen molar-refractivity contribution in [1.29, 1.82) is 0 Å². The molecule has 0 spiro atoms. The number of halogens is 1. The molecule has 9 nitrogen and oxygen atoms in total. The van der Waals surface area contributed by atoms with Crippen molar-refractivity contribution in [3.8, 4) is 0 Å². The zero-order valence-corrected chi connectivity index (χ0v) is 15.4. The summed E-state index contributed by atoms with van der Waals surface area (Å²) in [5.41, 5.74) is 1.87. The lowest BCUT2D eigenvalue weighted by Gasteiger charge is -2.12. The van der Waals surface area contributed by atoms with Crippen molar-refractivity contribution >= 4 is 23.2 Å². The number of nitro groups is 1. The number of rotatable bonds is 7. The monoisotopic (exact) mass is 368 g/mol. The number of hydrogen-bond acceptors (Lipinski definition) is 5. The molecule has 0 saturated heterocycles. The molecule has 25 heavy (non-hydrogen) atoms. The molecule has 1 unspecified atom stereocenters. The van der Waals surface area contributed by atoms with Gasteiger partial charge in [-0.2, -0.15) is 10.2 Å². The Morgan fingerprint density at radius 1 is 1.36 bits per heavy atom. The maximum absolute atomic E-state index is 12.2. The van der Waals surface area contributed by atoms with Crippen LogP contribution in [0.3, 0.4) is 0 Å². The highest BCUT2D eigenvalue weighted by Gasteiger charge is 2.21. The summed E-state index contributed by atoms with van der Waals surface area (Å²) in [5.74, 6) is -0.246. The van der Waals surface area contributed by atoms with Gasteiger partial charge in [0.05, 0.1) is 21.3 Å². The predicted octanol–water partition coefficient (Wildman–Crippen LogP) is 2.33. The molecule has 1 N–H and O–H groups in total. The lowest BCUT2D eigenvalue weighted by Crippen LogP contribution is -2.32. The van der Waals surface area contributed by atoms with Crippen LogP contribution in [0.15, 0.2) is 6.20 Å². The largest absolute Gasteiger partial charge is 0.354 e. The number of aryl methyl sites for hydroxylation is 3. The van der Waals surface area contributed by atoms with Gasteiger partial charge in [0.2, 0.25) is 5.91 Å². The van der Waals surface area contributed by atoms with Crippen LogP contribution in [0.25, 0.3) is 0 Å². The van der Waals surface area contributed by atoms with E-state index in [1.807, 2.05) is 18.5 Å². The Kier molecular flexibility index (Phi) is 5.78. The van der Waals surface area contributed by atoms with Crippen LogP contribution in [-0.4, -0.2) is 36.9 Å². The Labute approximate surface area is 150 Å². The summed E-state index contributed by atoms with van der Waals surface area (Å²) >= 11 is 6.10. The lowest BCUT2D eigenvalue weighted by molar-refractivity contribution is -0.385. The first-order valence-electron chi connectivity index (χ1n) is 7.89. The van der Waals surface area contributed by atoms with Gasteiger partial charge in [0.15, 0.2) is 0 Å². The zero-order chi connectivity index (χ0) is 18.7. The highest BCUT2D eigenvalue weighted by Crippen LogP contribution is 2.19. The van der Waals surface area contributed by atoms with Gasteiger partial charge in [-0.3, -0.25) is 24.3 Å². The molecule has 2 rings (SSSR count). The van der Waals surface area contributed by atoms with E-state index in [-0.39, 0.29) is 17.3 Å². The topological polar surface area (TPSA) is 108 Å². The minimum Gasteiger partial charge on any atom is -0.354 e. The quantitative estimate of drug-likeness (QED) is 0.458. The van der Waals surface area contributed by atoms with Crippen LogP contribution in [-0.2, 0) is 11.3 Å². The average Bonchev–Trinajstić information content (AvgIpc) is 3.06. The fourth-order valence-electron chi connectivity index (χ4n) is 2.45. The van der Waals surface area contributed by atoms with Crippen molar-refractivity contribution in [2.75, 3.05) is 6.54 Å². The highest BCUT2D eigenvalue weighted by molar-refractivity contribution is 6.31. The molecule has 0 aliphatic heterocycles. The third kappa shape index (κ3) is 4.16. The smallest absolute Gasteiger partial charge is 0.309 e. The van der Waals surface area contributed by atoms with E-state index in [1.54, 1.807) is 13.8 Å². The number of nitrogens with one attached hydrogen (secondary N) is 1. The number of carbonyl (C=O) groups excluding carboxylic acids is 1. The number of carbonyl (C=O) groups is 1. The first-order chi connectivity index (χ1) is 11.7. The normalized spacial score (nSPS) is 12.2. The molecular weight excluding hydrogens is 348 g/mol. The molecule has 10 heteroatoms. The van der Waals surface area contributed by atoms with Gasteiger partial charge < -0.3 is 5.32 Å². The molecule has 1 amide bonds. The fraction of sp³-hybridized carbons (Fsp3) is 0.533. The Morgan fingerprint density at radius 2 is 2.04 bits per heavy atom. The summed E-state index contributed by atoms with van der Waals surface area (Å²) < 4.78 is 3.12. The molecule has 2 aromatic heterocycles. The van der Waals surface area contributed by atoms with Crippen molar-refractivity contribution in [2.24, 2.45) is 0 Å². The minimum atomic E-state index is -0.629. The number of nitrogens with zero attached hydrogens (tertiary/aromatic N) is 5. The second kappa shape index (κ2) is 7.64. The van der Waals surface area contributed by atoms with Crippen molar-refractivity contribution in [3.63, 3.8) is 0 Å². The van der Waals surface area contributed by atoms with Gasteiger partial charge in [0, 0.05) is 13.1 Å².